The Kier molecular flexibility index (Phi) is 3.60. The number of nitrogens with zero attached hydrogens (tertiary/aromatic N) is 2. The third kappa shape index (κ3) is 2.32. The standard InChI is InChI=1S/C7H13N5O5/c8-5-4(15)6(10-1-3(14)2-13)12(17)7(9)11(5)16/h3,10,13-15H,1-2,8-9H2. The van der Waals surface area contributed by atoms with Gasteiger partial charge in [0.15, 0.2) is 0 Å². The summed E-state index contributed by atoms with van der Waals surface area (Å²) in [5, 5.41) is 51.9. The molecular formula is C7H13N5O5. The maximum Gasteiger partial charge on any atom is 0.451 e. The summed E-state index contributed by atoms with van der Waals surface area (Å²) in [6, 6.07) is 0. The number of aromatic nitrogens is 2. The topological polar surface area (TPSA) is 179 Å². The van der Waals surface area contributed by atoms with Gasteiger partial charge in [-0.3, -0.25) is 5.32 Å². The number of hydrogen-bond acceptors (Lipinski definition) is 8. The van der Waals surface area contributed by atoms with Crippen LogP contribution in [0, 0.1) is 10.4 Å². The first-order chi connectivity index (χ1) is 7.90. The normalized spacial score (nSPS) is 12.4. The predicted octanol–water partition coefficient (Wildman–Crippen LogP) is -3.41. The average molecular weight is 247 g/mol. The molecule has 8 N–H and O–H groups in total. The van der Waals surface area contributed by atoms with Crippen molar-refractivity contribution < 1.29 is 24.8 Å². The summed E-state index contributed by atoms with van der Waals surface area (Å²) in [4.78, 5) is 0. The van der Waals surface area contributed by atoms with E-state index in [-0.39, 0.29) is 16.0 Å². The van der Waals surface area contributed by atoms with Gasteiger partial charge in [-0.25, -0.2) is 5.73 Å². The SMILES string of the molecule is Nc1c(O)c(NCC(O)CO)[n+]([O-])c(N)[n+]1[O-]. The van der Waals surface area contributed by atoms with Crippen LogP contribution in [0.2, 0.25) is 0 Å². The van der Waals surface area contributed by atoms with Crippen molar-refractivity contribution >= 4 is 17.6 Å². The molecule has 0 aliphatic carbocycles. The van der Waals surface area contributed by atoms with Crippen LogP contribution in [0.15, 0.2) is 0 Å². The highest BCUT2D eigenvalue weighted by molar-refractivity contribution is 5.56. The van der Waals surface area contributed by atoms with Crippen molar-refractivity contribution in [2.45, 2.75) is 6.10 Å². The molecule has 1 heterocycles. The number of aliphatic hydroxyl groups is 2. The quantitative estimate of drug-likeness (QED) is 0.235. The second kappa shape index (κ2) is 4.76. The fourth-order valence-corrected chi connectivity index (χ4v) is 1.07. The van der Waals surface area contributed by atoms with Gasteiger partial charge in [0.2, 0.25) is 5.82 Å². The third-order valence-corrected chi connectivity index (χ3v) is 2.02. The van der Waals surface area contributed by atoms with Crippen LogP contribution in [0.4, 0.5) is 17.6 Å². The van der Waals surface area contributed by atoms with Crippen LogP contribution in [0.1, 0.15) is 0 Å². The minimum Gasteiger partial charge on any atom is -0.706 e. The lowest BCUT2D eigenvalue weighted by molar-refractivity contribution is -0.703. The molecule has 17 heavy (non-hydrogen) atoms. The Labute approximate surface area is 95.5 Å². The van der Waals surface area contributed by atoms with E-state index in [0.29, 0.717) is 0 Å². The maximum atomic E-state index is 11.4. The van der Waals surface area contributed by atoms with Gasteiger partial charge in [0.1, 0.15) is 12.6 Å². The number of nitrogens with one attached hydrogen (secondary N) is 1. The van der Waals surface area contributed by atoms with E-state index in [2.05, 4.69) is 5.32 Å². The van der Waals surface area contributed by atoms with Gasteiger partial charge in [-0.05, 0) is 0 Å². The Morgan fingerprint density at radius 2 is 1.88 bits per heavy atom. The summed E-state index contributed by atoms with van der Waals surface area (Å²) in [5.41, 5.74) is 10.4. The number of nitrogen functional groups attached to an aromatic ring is 2. The molecule has 1 atom stereocenters. The van der Waals surface area contributed by atoms with Crippen molar-refractivity contribution in [1.82, 2.24) is 0 Å². The Morgan fingerprint density at radius 1 is 1.29 bits per heavy atom. The van der Waals surface area contributed by atoms with Crippen molar-refractivity contribution in [3.05, 3.63) is 10.4 Å². The van der Waals surface area contributed by atoms with E-state index in [9.17, 15) is 15.5 Å². The molecule has 0 amide bonds. The minimum atomic E-state index is -1.14. The van der Waals surface area contributed by atoms with E-state index in [0.717, 1.165) is 0 Å². The number of rotatable bonds is 4. The molecule has 96 valence electrons. The molecule has 0 fully saturated rings. The van der Waals surface area contributed by atoms with Crippen LogP contribution < -0.4 is 26.2 Å². The summed E-state index contributed by atoms with van der Waals surface area (Å²) in [6.45, 7) is -0.764. The van der Waals surface area contributed by atoms with Crippen molar-refractivity contribution in [3.8, 4) is 5.75 Å². The van der Waals surface area contributed by atoms with Crippen LogP contribution in [-0.2, 0) is 0 Å². The highest BCUT2D eigenvalue weighted by Crippen LogP contribution is 2.23. The van der Waals surface area contributed by atoms with Gasteiger partial charge >= 0.3 is 11.8 Å². The molecule has 0 radical (unpaired) electrons. The van der Waals surface area contributed by atoms with Crippen LogP contribution in [0.3, 0.4) is 0 Å². The predicted molar refractivity (Wildman–Crippen MR) is 56.4 cm³/mol. The Hall–Kier alpha value is -2.20. The number of aliphatic hydroxyl groups excluding tert-OH is 2. The van der Waals surface area contributed by atoms with Crippen LogP contribution in [-0.4, -0.2) is 34.6 Å². The molecule has 1 unspecified atom stereocenters. The fourth-order valence-electron chi connectivity index (χ4n) is 1.07. The zero-order chi connectivity index (χ0) is 13.2. The first-order valence-electron chi connectivity index (χ1n) is 4.56. The zero-order valence-electron chi connectivity index (χ0n) is 8.70. The molecule has 0 bridgehead atoms. The van der Waals surface area contributed by atoms with E-state index in [1.165, 1.54) is 0 Å². The van der Waals surface area contributed by atoms with E-state index >= 15 is 0 Å². The lowest BCUT2D eigenvalue weighted by atomic mass is 10.3. The lowest BCUT2D eigenvalue weighted by Gasteiger charge is -2.16. The van der Waals surface area contributed by atoms with E-state index in [4.69, 9.17) is 21.7 Å². The number of anilines is 3. The van der Waals surface area contributed by atoms with E-state index < -0.39 is 36.0 Å². The first kappa shape index (κ1) is 12.9. The number of nitrogens with two attached hydrogens (primary N) is 2. The van der Waals surface area contributed by atoms with Crippen molar-refractivity contribution in [2.24, 2.45) is 0 Å². The van der Waals surface area contributed by atoms with Crippen molar-refractivity contribution in [1.29, 1.82) is 0 Å². The molecule has 0 aliphatic heterocycles. The Morgan fingerprint density at radius 3 is 2.41 bits per heavy atom. The average Bonchev–Trinajstić information content (AvgIpc) is 2.33. The van der Waals surface area contributed by atoms with Gasteiger partial charge in [-0.15, -0.1) is 0 Å². The van der Waals surface area contributed by atoms with Crippen LogP contribution in [0.25, 0.3) is 0 Å². The van der Waals surface area contributed by atoms with Crippen LogP contribution >= 0.6 is 0 Å². The summed E-state index contributed by atoms with van der Waals surface area (Å²) < 4.78 is -0.196. The first-order valence-corrected chi connectivity index (χ1v) is 4.56. The molecule has 1 aromatic rings. The van der Waals surface area contributed by atoms with Gasteiger partial charge < -0.3 is 31.5 Å². The third-order valence-electron chi connectivity index (χ3n) is 2.02. The molecule has 10 heteroatoms. The Balaban J connectivity index is 3.07. The van der Waals surface area contributed by atoms with Crippen molar-refractivity contribution in [2.75, 3.05) is 29.9 Å². The maximum absolute atomic E-state index is 11.4. The van der Waals surface area contributed by atoms with Crippen LogP contribution in [0.5, 0.6) is 5.75 Å². The molecule has 1 aromatic heterocycles. The van der Waals surface area contributed by atoms with E-state index in [1.54, 1.807) is 0 Å². The largest absolute Gasteiger partial charge is 0.706 e. The number of aromatic hydroxyl groups is 1. The number of hydrogen-bond donors (Lipinski definition) is 6. The van der Waals surface area contributed by atoms with Gasteiger partial charge in [0.25, 0.3) is 5.75 Å². The molecule has 1 rings (SSSR count). The van der Waals surface area contributed by atoms with Crippen molar-refractivity contribution in [3.63, 3.8) is 0 Å². The molecule has 0 aliphatic rings. The molecule has 0 saturated heterocycles. The smallest absolute Gasteiger partial charge is 0.451 e. The Bertz CT molecular complexity index is 397. The highest BCUT2D eigenvalue weighted by atomic mass is 16.5. The van der Waals surface area contributed by atoms with Gasteiger partial charge in [0.05, 0.1) is 6.61 Å². The minimum absolute atomic E-state index is 0.0667. The molecule has 0 aromatic carbocycles. The van der Waals surface area contributed by atoms with Gasteiger partial charge in [-0.2, -0.15) is 9.46 Å². The van der Waals surface area contributed by atoms with E-state index in [1.807, 2.05) is 0 Å². The fraction of sp³-hybridized carbons (Fsp3) is 0.429. The lowest BCUT2D eigenvalue weighted by Crippen LogP contribution is -2.49. The summed E-state index contributed by atoms with van der Waals surface area (Å²) >= 11 is 0. The zero-order valence-corrected chi connectivity index (χ0v) is 8.70. The molecule has 0 saturated carbocycles. The molecule has 0 spiro atoms. The second-order valence-electron chi connectivity index (χ2n) is 3.25. The molecule has 10 nitrogen and oxygen atoms in total. The summed E-state index contributed by atoms with van der Waals surface area (Å²) in [6.07, 6.45) is -1.14. The summed E-state index contributed by atoms with van der Waals surface area (Å²) in [5.74, 6) is -2.68. The van der Waals surface area contributed by atoms with Gasteiger partial charge in [0, 0.05) is 0 Å². The van der Waals surface area contributed by atoms with Gasteiger partial charge in [-0.1, -0.05) is 0 Å². The second-order valence-corrected chi connectivity index (χ2v) is 3.25. The molecular weight excluding hydrogens is 234 g/mol. The highest BCUT2D eigenvalue weighted by Gasteiger charge is 2.25. The summed E-state index contributed by atoms with van der Waals surface area (Å²) in [7, 11) is 0. The monoisotopic (exact) mass is 247 g/mol.